The van der Waals surface area contributed by atoms with Gasteiger partial charge in [0.05, 0.1) is 16.1 Å². The third-order valence-electron chi connectivity index (χ3n) is 3.02. The van der Waals surface area contributed by atoms with E-state index in [-0.39, 0.29) is 16.3 Å². The van der Waals surface area contributed by atoms with E-state index in [0.29, 0.717) is 5.02 Å². The highest BCUT2D eigenvalue weighted by molar-refractivity contribution is 6.36. The van der Waals surface area contributed by atoms with Crippen molar-refractivity contribution in [2.24, 2.45) is 0 Å². The van der Waals surface area contributed by atoms with Crippen molar-refractivity contribution in [1.29, 1.82) is 0 Å². The maximum Gasteiger partial charge on any atom is 0.416 e. The Bertz CT molecular complexity index is 829. The lowest BCUT2D eigenvalue weighted by atomic mass is 10.2. The van der Waals surface area contributed by atoms with Crippen LogP contribution in [0.1, 0.15) is 15.9 Å². The summed E-state index contributed by atoms with van der Waals surface area (Å²) in [5.41, 5.74) is 3.34. The number of hydrogen-bond acceptors (Lipinski definition) is 3. The molecule has 0 saturated carbocycles. The monoisotopic (exact) mass is 406 g/mol. The average Bonchev–Trinajstić information content (AvgIpc) is 2.57. The third kappa shape index (κ3) is 5.53. The summed E-state index contributed by atoms with van der Waals surface area (Å²) in [5.74, 6) is -1.61. The first-order valence-corrected chi connectivity index (χ1v) is 7.76. The van der Waals surface area contributed by atoms with Gasteiger partial charge in [-0.05, 0) is 36.4 Å². The number of benzene rings is 2. The van der Waals surface area contributed by atoms with Crippen LogP contribution in [0, 0.1) is 0 Å². The second-order valence-corrected chi connectivity index (χ2v) is 5.78. The van der Waals surface area contributed by atoms with Gasteiger partial charge in [0.1, 0.15) is 5.75 Å². The summed E-state index contributed by atoms with van der Waals surface area (Å²) in [4.78, 5) is 23.5. The fraction of sp³-hybridized carbons (Fsp3) is 0.125. The highest BCUT2D eigenvalue weighted by atomic mass is 35.5. The van der Waals surface area contributed by atoms with Gasteiger partial charge < -0.3 is 4.74 Å². The van der Waals surface area contributed by atoms with E-state index in [0.717, 1.165) is 18.2 Å². The number of nitrogens with one attached hydrogen (secondary N) is 2. The lowest BCUT2D eigenvalue weighted by Crippen LogP contribution is -2.43. The molecule has 2 aromatic rings. The number of alkyl halides is 3. The van der Waals surface area contributed by atoms with E-state index in [9.17, 15) is 22.8 Å². The largest absolute Gasteiger partial charge is 0.484 e. The summed E-state index contributed by atoms with van der Waals surface area (Å²) in [5, 5.41) is 0.425. The number of hydrogen-bond donors (Lipinski definition) is 2. The van der Waals surface area contributed by atoms with Crippen molar-refractivity contribution in [3.63, 3.8) is 0 Å². The highest BCUT2D eigenvalue weighted by Crippen LogP contribution is 2.31. The van der Waals surface area contributed by atoms with Crippen LogP contribution in [0.4, 0.5) is 13.2 Å². The van der Waals surface area contributed by atoms with Crippen molar-refractivity contribution in [2.45, 2.75) is 6.18 Å². The van der Waals surface area contributed by atoms with Crippen molar-refractivity contribution in [3.8, 4) is 5.75 Å². The van der Waals surface area contributed by atoms with Crippen molar-refractivity contribution in [1.82, 2.24) is 10.9 Å². The van der Waals surface area contributed by atoms with Crippen molar-refractivity contribution >= 4 is 35.0 Å². The van der Waals surface area contributed by atoms with Gasteiger partial charge in [0.25, 0.3) is 11.8 Å². The molecule has 0 aromatic heterocycles. The van der Waals surface area contributed by atoms with E-state index >= 15 is 0 Å². The summed E-state index contributed by atoms with van der Waals surface area (Å²) in [6.45, 7) is -0.601. The first kappa shape index (κ1) is 19.9. The molecule has 26 heavy (non-hydrogen) atoms. The zero-order valence-electron chi connectivity index (χ0n) is 12.9. The number of carbonyl (C=O) groups excluding carboxylic acids is 2. The molecule has 0 fully saturated rings. The number of hydrazine groups is 1. The highest BCUT2D eigenvalue weighted by Gasteiger charge is 2.30. The van der Waals surface area contributed by atoms with Gasteiger partial charge in [0.2, 0.25) is 0 Å². The van der Waals surface area contributed by atoms with Crippen LogP contribution >= 0.6 is 23.2 Å². The molecule has 0 saturated heterocycles. The maximum atomic E-state index is 12.6. The zero-order chi connectivity index (χ0) is 19.3. The maximum absolute atomic E-state index is 12.6. The van der Waals surface area contributed by atoms with Gasteiger partial charge in [0, 0.05) is 5.02 Å². The Morgan fingerprint density at radius 2 is 1.77 bits per heavy atom. The quantitative estimate of drug-likeness (QED) is 0.757. The molecule has 0 radical (unpaired) electrons. The molecule has 2 aromatic carbocycles. The van der Waals surface area contributed by atoms with Gasteiger partial charge in [-0.25, -0.2) is 0 Å². The van der Waals surface area contributed by atoms with Crippen LogP contribution in [0.25, 0.3) is 0 Å². The summed E-state index contributed by atoms with van der Waals surface area (Å²) in [6.07, 6.45) is -4.52. The van der Waals surface area contributed by atoms with Gasteiger partial charge in [-0.1, -0.05) is 29.3 Å². The normalized spacial score (nSPS) is 11.0. The summed E-state index contributed by atoms with van der Waals surface area (Å²) in [6, 6.07) is 8.24. The SMILES string of the molecule is O=C(COc1cccc(C(F)(F)F)c1)NNC(=O)c1ccc(Cl)cc1Cl. The molecule has 0 bridgehead atoms. The number of amides is 2. The Balaban J connectivity index is 1.87. The molecule has 0 atom stereocenters. The topological polar surface area (TPSA) is 67.4 Å². The number of rotatable bonds is 4. The van der Waals surface area contributed by atoms with E-state index in [1.54, 1.807) is 0 Å². The first-order chi connectivity index (χ1) is 12.2. The Labute approximate surface area is 156 Å². The third-order valence-corrected chi connectivity index (χ3v) is 3.57. The van der Waals surface area contributed by atoms with Crippen LogP contribution in [0.2, 0.25) is 10.0 Å². The van der Waals surface area contributed by atoms with Crippen LogP contribution in [-0.4, -0.2) is 18.4 Å². The minimum absolute atomic E-state index is 0.0789. The molecule has 5 nitrogen and oxygen atoms in total. The Kier molecular flexibility index (Phi) is 6.33. The van der Waals surface area contributed by atoms with E-state index in [1.807, 2.05) is 0 Å². The lowest BCUT2D eigenvalue weighted by Gasteiger charge is -2.11. The minimum Gasteiger partial charge on any atom is -0.484 e. The van der Waals surface area contributed by atoms with Gasteiger partial charge in [-0.2, -0.15) is 13.2 Å². The molecular formula is C16H11Cl2F3N2O3. The first-order valence-electron chi connectivity index (χ1n) is 7.01. The van der Waals surface area contributed by atoms with Gasteiger partial charge in [-0.3, -0.25) is 20.4 Å². The van der Waals surface area contributed by atoms with Crippen LogP contribution in [0.3, 0.4) is 0 Å². The molecule has 0 spiro atoms. The summed E-state index contributed by atoms with van der Waals surface area (Å²) >= 11 is 11.6. The van der Waals surface area contributed by atoms with Crippen LogP contribution in [-0.2, 0) is 11.0 Å². The van der Waals surface area contributed by atoms with E-state index < -0.39 is 30.2 Å². The fourth-order valence-corrected chi connectivity index (χ4v) is 2.31. The van der Waals surface area contributed by atoms with Gasteiger partial charge in [0.15, 0.2) is 6.61 Å². The van der Waals surface area contributed by atoms with E-state index in [2.05, 4.69) is 10.9 Å². The lowest BCUT2D eigenvalue weighted by molar-refractivity contribution is -0.137. The van der Waals surface area contributed by atoms with Crippen molar-refractivity contribution in [2.75, 3.05) is 6.61 Å². The smallest absolute Gasteiger partial charge is 0.416 e. The Hall–Kier alpha value is -2.45. The summed E-state index contributed by atoms with van der Waals surface area (Å²) < 4.78 is 42.8. The predicted octanol–water partition coefficient (Wildman–Crippen LogP) is 3.85. The van der Waals surface area contributed by atoms with Crippen LogP contribution in [0.15, 0.2) is 42.5 Å². The van der Waals surface area contributed by atoms with Gasteiger partial charge in [-0.15, -0.1) is 0 Å². The average molecular weight is 407 g/mol. The summed E-state index contributed by atoms with van der Waals surface area (Å²) in [7, 11) is 0. The van der Waals surface area contributed by atoms with Gasteiger partial charge >= 0.3 is 6.18 Å². The minimum atomic E-state index is -4.52. The van der Waals surface area contributed by atoms with E-state index in [4.69, 9.17) is 27.9 Å². The van der Waals surface area contributed by atoms with Crippen molar-refractivity contribution in [3.05, 3.63) is 63.6 Å². The second kappa shape index (κ2) is 8.29. The standard InChI is InChI=1S/C16H11Cl2F3N2O3/c17-10-4-5-12(13(18)7-10)15(25)23-22-14(24)8-26-11-3-1-2-9(6-11)16(19,20)21/h1-7H,8H2,(H,22,24)(H,23,25). The predicted molar refractivity (Wildman–Crippen MR) is 89.0 cm³/mol. The molecular weight excluding hydrogens is 396 g/mol. The zero-order valence-corrected chi connectivity index (χ0v) is 14.4. The molecule has 2 rings (SSSR count). The fourth-order valence-electron chi connectivity index (χ4n) is 1.81. The molecule has 10 heteroatoms. The Morgan fingerprint density at radius 3 is 2.42 bits per heavy atom. The molecule has 138 valence electrons. The number of ether oxygens (including phenoxy) is 1. The van der Waals surface area contributed by atoms with Crippen LogP contribution in [0.5, 0.6) is 5.75 Å². The Morgan fingerprint density at radius 1 is 1.04 bits per heavy atom. The molecule has 2 N–H and O–H groups in total. The van der Waals surface area contributed by atoms with Crippen molar-refractivity contribution < 1.29 is 27.5 Å². The molecule has 0 aliphatic rings. The van der Waals surface area contributed by atoms with E-state index in [1.165, 1.54) is 24.3 Å². The number of halogens is 5. The molecule has 0 heterocycles. The van der Waals surface area contributed by atoms with Crippen LogP contribution < -0.4 is 15.6 Å². The molecule has 0 aliphatic carbocycles. The molecule has 0 unspecified atom stereocenters. The molecule has 2 amide bonds. The molecule has 0 aliphatic heterocycles. The number of carbonyl (C=O) groups is 2. The second-order valence-electron chi connectivity index (χ2n) is 4.94.